The van der Waals surface area contributed by atoms with E-state index in [1.807, 2.05) is 13.8 Å². The molecule has 0 spiro atoms. The number of methoxy groups -OCH3 is 1. The van der Waals surface area contributed by atoms with Crippen LogP contribution in [-0.4, -0.2) is 7.11 Å². The van der Waals surface area contributed by atoms with E-state index in [0.29, 0.717) is 6.61 Å². The third-order valence-electron chi connectivity index (χ3n) is 2.14. The number of hydrogen-bond donors (Lipinski definition) is 0. The summed E-state index contributed by atoms with van der Waals surface area (Å²) >= 11 is 0. The monoisotopic (exact) mass is 220 g/mol. The molecule has 0 amide bonds. The van der Waals surface area contributed by atoms with Crippen molar-refractivity contribution >= 4 is 0 Å². The van der Waals surface area contributed by atoms with Crippen LogP contribution in [0.25, 0.3) is 0 Å². The van der Waals surface area contributed by atoms with Crippen molar-refractivity contribution in [1.29, 1.82) is 0 Å². The SMILES string of the molecule is C/C=C/CCc1cccc(COC)c1.CC. The lowest BCUT2D eigenvalue weighted by Gasteiger charge is -2.02. The summed E-state index contributed by atoms with van der Waals surface area (Å²) in [5.74, 6) is 0. The van der Waals surface area contributed by atoms with Gasteiger partial charge in [-0.3, -0.25) is 0 Å². The van der Waals surface area contributed by atoms with E-state index in [9.17, 15) is 0 Å². The van der Waals surface area contributed by atoms with Gasteiger partial charge >= 0.3 is 0 Å². The van der Waals surface area contributed by atoms with E-state index in [1.54, 1.807) is 7.11 Å². The molecule has 0 saturated heterocycles. The van der Waals surface area contributed by atoms with Gasteiger partial charge in [-0.05, 0) is 30.9 Å². The summed E-state index contributed by atoms with van der Waals surface area (Å²) in [5, 5.41) is 0. The zero-order chi connectivity index (χ0) is 12.2. The fourth-order valence-electron chi connectivity index (χ4n) is 1.46. The Morgan fingerprint density at radius 2 is 1.88 bits per heavy atom. The van der Waals surface area contributed by atoms with E-state index in [1.165, 1.54) is 11.1 Å². The zero-order valence-electron chi connectivity index (χ0n) is 11.0. The van der Waals surface area contributed by atoms with Crippen LogP contribution >= 0.6 is 0 Å². The van der Waals surface area contributed by atoms with Crippen LogP contribution in [0.5, 0.6) is 0 Å². The van der Waals surface area contributed by atoms with E-state index >= 15 is 0 Å². The Bertz CT molecular complexity index is 289. The molecule has 0 aromatic heterocycles. The normalized spacial score (nSPS) is 10.0. The molecule has 0 unspecified atom stereocenters. The van der Waals surface area contributed by atoms with Gasteiger partial charge in [0.1, 0.15) is 0 Å². The molecule has 0 saturated carbocycles. The molecule has 0 bridgehead atoms. The van der Waals surface area contributed by atoms with Crippen molar-refractivity contribution in [2.45, 2.75) is 40.2 Å². The molecule has 1 rings (SSSR count). The highest BCUT2D eigenvalue weighted by atomic mass is 16.5. The standard InChI is InChI=1S/C13H18O.C2H6/c1-3-4-5-7-12-8-6-9-13(10-12)11-14-2;1-2/h3-4,6,8-10H,5,7,11H2,1-2H3;1-2H3/b4-3+;. The summed E-state index contributed by atoms with van der Waals surface area (Å²) < 4.78 is 5.09. The summed E-state index contributed by atoms with van der Waals surface area (Å²) in [6.07, 6.45) is 6.52. The van der Waals surface area contributed by atoms with Crippen LogP contribution in [0.2, 0.25) is 0 Å². The molecule has 90 valence electrons. The van der Waals surface area contributed by atoms with Crippen molar-refractivity contribution < 1.29 is 4.74 Å². The van der Waals surface area contributed by atoms with Crippen molar-refractivity contribution in [1.82, 2.24) is 0 Å². The number of rotatable bonds is 5. The van der Waals surface area contributed by atoms with E-state index in [0.717, 1.165) is 12.8 Å². The Balaban J connectivity index is 0.00000106. The molecule has 0 fully saturated rings. The Kier molecular flexibility index (Phi) is 9.73. The van der Waals surface area contributed by atoms with Gasteiger partial charge in [-0.25, -0.2) is 0 Å². The molecule has 0 aliphatic carbocycles. The van der Waals surface area contributed by atoms with Gasteiger partial charge in [0.25, 0.3) is 0 Å². The molecule has 0 atom stereocenters. The molecule has 1 aromatic rings. The molecule has 1 nitrogen and oxygen atoms in total. The van der Waals surface area contributed by atoms with Gasteiger partial charge in [0.2, 0.25) is 0 Å². The van der Waals surface area contributed by atoms with Crippen LogP contribution in [0.1, 0.15) is 38.3 Å². The van der Waals surface area contributed by atoms with Crippen molar-refractivity contribution in [2.75, 3.05) is 7.11 Å². The molecule has 0 heterocycles. The minimum Gasteiger partial charge on any atom is -0.380 e. The van der Waals surface area contributed by atoms with Gasteiger partial charge < -0.3 is 4.74 Å². The lowest BCUT2D eigenvalue weighted by Crippen LogP contribution is -1.90. The fraction of sp³-hybridized carbons (Fsp3) is 0.467. The maximum Gasteiger partial charge on any atom is 0.0713 e. The highest BCUT2D eigenvalue weighted by molar-refractivity contribution is 5.23. The van der Waals surface area contributed by atoms with Crippen LogP contribution in [0, 0.1) is 0 Å². The molecule has 0 N–H and O–H groups in total. The second-order valence-electron chi connectivity index (χ2n) is 3.36. The van der Waals surface area contributed by atoms with Crippen molar-refractivity contribution in [2.24, 2.45) is 0 Å². The summed E-state index contributed by atoms with van der Waals surface area (Å²) in [7, 11) is 1.73. The highest BCUT2D eigenvalue weighted by Crippen LogP contribution is 2.08. The summed E-state index contributed by atoms with van der Waals surface area (Å²) in [5.41, 5.74) is 2.64. The van der Waals surface area contributed by atoms with E-state index < -0.39 is 0 Å². The molecule has 1 heteroatoms. The van der Waals surface area contributed by atoms with Crippen LogP contribution in [0.15, 0.2) is 36.4 Å². The predicted molar refractivity (Wildman–Crippen MR) is 71.6 cm³/mol. The smallest absolute Gasteiger partial charge is 0.0713 e. The lowest BCUT2D eigenvalue weighted by atomic mass is 10.1. The number of ether oxygens (including phenoxy) is 1. The van der Waals surface area contributed by atoms with Crippen LogP contribution in [-0.2, 0) is 17.8 Å². The van der Waals surface area contributed by atoms with Crippen LogP contribution in [0.4, 0.5) is 0 Å². The molecule has 0 radical (unpaired) electrons. The first-order valence-electron chi connectivity index (χ1n) is 6.04. The quantitative estimate of drug-likeness (QED) is 0.670. The first kappa shape index (κ1) is 14.9. The fourth-order valence-corrected chi connectivity index (χ4v) is 1.46. The molecular formula is C15H24O. The number of aryl methyl sites for hydroxylation is 1. The number of hydrogen-bond acceptors (Lipinski definition) is 1. The first-order valence-corrected chi connectivity index (χ1v) is 6.04. The second-order valence-corrected chi connectivity index (χ2v) is 3.36. The number of allylic oxidation sites excluding steroid dienone is 2. The minimum atomic E-state index is 0.706. The van der Waals surface area contributed by atoms with Crippen molar-refractivity contribution in [3.63, 3.8) is 0 Å². The summed E-state index contributed by atoms with van der Waals surface area (Å²) in [6, 6.07) is 8.58. The van der Waals surface area contributed by atoms with Crippen molar-refractivity contribution in [3.8, 4) is 0 Å². The van der Waals surface area contributed by atoms with Crippen molar-refractivity contribution in [3.05, 3.63) is 47.5 Å². The molecule has 0 aliphatic rings. The Hall–Kier alpha value is -1.08. The van der Waals surface area contributed by atoms with E-state index in [2.05, 4.69) is 43.3 Å². The molecular weight excluding hydrogens is 196 g/mol. The largest absolute Gasteiger partial charge is 0.380 e. The molecule has 16 heavy (non-hydrogen) atoms. The summed E-state index contributed by atoms with van der Waals surface area (Å²) in [4.78, 5) is 0. The van der Waals surface area contributed by atoms with Crippen LogP contribution in [0.3, 0.4) is 0 Å². The lowest BCUT2D eigenvalue weighted by molar-refractivity contribution is 0.185. The first-order chi connectivity index (χ1) is 7.86. The summed E-state index contributed by atoms with van der Waals surface area (Å²) in [6.45, 7) is 6.76. The van der Waals surface area contributed by atoms with Gasteiger partial charge in [0.05, 0.1) is 6.61 Å². The third-order valence-corrected chi connectivity index (χ3v) is 2.14. The van der Waals surface area contributed by atoms with Gasteiger partial charge in [0, 0.05) is 7.11 Å². The Labute approximate surface area is 100 Å². The Morgan fingerprint density at radius 1 is 1.19 bits per heavy atom. The predicted octanol–water partition coefficient (Wildman–Crippen LogP) is 4.37. The van der Waals surface area contributed by atoms with Gasteiger partial charge in [-0.1, -0.05) is 50.3 Å². The van der Waals surface area contributed by atoms with Gasteiger partial charge in [0.15, 0.2) is 0 Å². The number of benzene rings is 1. The molecule has 0 aliphatic heterocycles. The Morgan fingerprint density at radius 3 is 2.50 bits per heavy atom. The average Bonchev–Trinajstić information content (AvgIpc) is 2.33. The van der Waals surface area contributed by atoms with Gasteiger partial charge in [-0.15, -0.1) is 0 Å². The van der Waals surface area contributed by atoms with Crippen LogP contribution < -0.4 is 0 Å². The van der Waals surface area contributed by atoms with E-state index in [4.69, 9.17) is 4.74 Å². The zero-order valence-corrected chi connectivity index (χ0v) is 11.0. The maximum absolute atomic E-state index is 5.09. The average molecular weight is 220 g/mol. The second kappa shape index (κ2) is 10.4. The minimum absolute atomic E-state index is 0.706. The maximum atomic E-state index is 5.09. The van der Waals surface area contributed by atoms with E-state index in [-0.39, 0.29) is 0 Å². The van der Waals surface area contributed by atoms with Gasteiger partial charge in [-0.2, -0.15) is 0 Å². The molecule has 1 aromatic carbocycles. The topological polar surface area (TPSA) is 9.23 Å². The highest BCUT2D eigenvalue weighted by Gasteiger charge is 1.94. The third kappa shape index (κ3) is 6.41.